The quantitative estimate of drug-likeness (QED) is 0.888. The lowest BCUT2D eigenvalue weighted by molar-refractivity contribution is 0.256. The number of benzene rings is 2. The molecule has 16 heavy (non-hydrogen) atoms. The van der Waals surface area contributed by atoms with Gasteiger partial charge in [-0.1, -0.05) is 40.2 Å². The minimum atomic E-state index is 0.0489. The first-order valence-corrected chi connectivity index (χ1v) is 6.34. The molecule has 0 atom stereocenters. The third-order valence-corrected chi connectivity index (χ3v) is 4.06. The van der Waals surface area contributed by atoms with Gasteiger partial charge < -0.3 is 5.11 Å². The van der Waals surface area contributed by atoms with E-state index in [0.717, 1.165) is 17.3 Å². The van der Waals surface area contributed by atoms with Crippen LogP contribution in [0.2, 0.25) is 0 Å². The van der Waals surface area contributed by atoms with Crippen molar-refractivity contribution in [3.63, 3.8) is 0 Å². The van der Waals surface area contributed by atoms with Gasteiger partial charge in [-0.3, -0.25) is 0 Å². The molecule has 0 aliphatic heterocycles. The van der Waals surface area contributed by atoms with Crippen LogP contribution in [-0.2, 0) is 5.41 Å². The van der Waals surface area contributed by atoms with Crippen molar-refractivity contribution in [3.8, 4) is 0 Å². The summed E-state index contributed by atoms with van der Waals surface area (Å²) in [4.78, 5) is 0. The van der Waals surface area contributed by atoms with Gasteiger partial charge in [0.1, 0.15) is 0 Å². The van der Waals surface area contributed by atoms with Crippen LogP contribution in [0.25, 0.3) is 10.8 Å². The van der Waals surface area contributed by atoms with Crippen LogP contribution in [0, 0.1) is 0 Å². The first-order chi connectivity index (χ1) is 7.75. The molecule has 1 saturated carbocycles. The minimum Gasteiger partial charge on any atom is -0.395 e. The Balaban J connectivity index is 2.26. The van der Waals surface area contributed by atoms with E-state index in [4.69, 9.17) is 0 Å². The molecule has 0 spiro atoms. The first-order valence-electron chi connectivity index (χ1n) is 5.55. The first kappa shape index (κ1) is 10.3. The average molecular weight is 277 g/mol. The van der Waals surface area contributed by atoms with Crippen LogP contribution in [0.4, 0.5) is 0 Å². The third-order valence-electron chi connectivity index (χ3n) is 3.57. The monoisotopic (exact) mass is 276 g/mol. The summed E-state index contributed by atoms with van der Waals surface area (Å²) in [5, 5.41) is 12.0. The molecule has 0 saturated heterocycles. The highest BCUT2D eigenvalue weighted by molar-refractivity contribution is 9.10. The van der Waals surface area contributed by atoms with E-state index in [-0.39, 0.29) is 12.0 Å². The zero-order chi connectivity index (χ0) is 11.2. The summed E-state index contributed by atoms with van der Waals surface area (Å²) in [6, 6.07) is 12.7. The lowest BCUT2D eigenvalue weighted by Gasteiger charge is -2.15. The third kappa shape index (κ3) is 1.48. The summed E-state index contributed by atoms with van der Waals surface area (Å²) in [6.45, 7) is 0.266. The van der Waals surface area contributed by atoms with Gasteiger partial charge in [-0.25, -0.2) is 0 Å². The van der Waals surface area contributed by atoms with Gasteiger partial charge in [-0.05, 0) is 41.3 Å². The summed E-state index contributed by atoms with van der Waals surface area (Å²) >= 11 is 3.49. The molecular formula is C14H13BrO. The average Bonchev–Trinajstić information content (AvgIpc) is 3.08. The molecule has 0 radical (unpaired) electrons. The van der Waals surface area contributed by atoms with Gasteiger partial charge in [-0.15, -0.1) is 0 Å². The van der Waals surface area contributed by atoms with Crippen molar-refractivity contribution in [1.82, 2.24) is 0 Å². The van der Waals surface area contributed by atoms with Crippen LogP contribution >= 0.6 is 15.9 Å². The molecule has 3 rings (SSSR count). The molecular weight excluding hydrogens is 264 g/mol. The molecule has 1 aliphatic carbocycles. The van der Waals surface area contributed by atoms with Crippen LogP contribution in [0.5, 0.6) is 0 Å². The zero-order valence-corrected chi connectivity index (χ0v) is 10.5. The highest BCUT2D eigenvalue weighted by atomic mass is 79.9. The van der Waals surface area contributed by atoms with Crippen molar-refractivity contribution in [1.29, 1.82) is 0 Å². The van der Waals surface area contributed by atoms with Crippen LogP contribution in [0.1, 0.15) is 18.4 Å². The fourth-order valence-electron chi connectivity index (χ4n) is 2.38. The number of hydrogen-bond acceptors (Lipinski definition) is 1. The van der Waals surface area contributed by atoms with Crippen molar-refractivity contribution in [2.75, 3.05) is 6.61 Å². The smallest absolute Gasteiger partial charge is 0.0528 e. The van der Waals surface area contributed by atoms with Gasteiger partial charge in [0.25, 0.3) is 0 Å². The van der Waals surface area contributed by atoms with E-state index in [1.54, 1.807) is 0 Å². The van der Waals surface area contributed by atoms with Crippen molar-refractivity contribution in [3.05, 3.63) is 46.4 Å². The summed E-state index contributed by atoms with van der Waals surface area (Å²) in [7, 11) is 0. The molecule has 2 aromatic rings. The molecule has 1 nitrogen and oxygen atoms in total. The summed E-state index contributed by atoms with van der Waals surface area (Å²) in [6.07, 6.45) is 2.22. The van der Waals surface area contributed by atoms with E-state index in [0.29, 0.717) is 0 Å². The van der Waals surface area contributed by atoms with E-state index in [2.05, 4.69) is 52.3 Å². The van der Waals surface area contributed by atoms with Gasteiger partial charge >= 0.3 is 0 Å². The Hall–Kier alpha value is -0.860. The fourth-order valence-corrected chi connectivity index (χ4v) is 2.76. The molecule has 1 fully saturated rings. The van der Waals surface area contributed by atoms with Crippen LogP contribution in [-0.4, -0.2) is 11.7 Å². The highest BCUT2D eigenvalue weighted by Gasteiger charge is 2.44. The topological polar surface area (TPSA) is 20.2 Å². The molecule has 2 heteroatoms. The zero-order valence-electron chi connectivity index (χ0n) is 8.91. The summed E-state index contributed by atoms with van der Waals surface area (Å²) in [5.74, 6) is 0. The molecule has 1 aliphatic rings. The molecule has 0 amide bonds. The van der Waals surface area contributed by atoms with Gasteiger partial charge in [-0.2, -0.15) is 0 Å². The Bertz CT molecular complexity index is 543. The van der Waals surface area contributed by atoms with Crippen LogP contribution in [0.15, 0.2) is 40.9 Å². The lowest BCUT2D eigenvalue weighted by atomic mass is 9.91. The van der Waals surface area contributed by atoms with Crippen LogP contribution < -0.4 is 0 Å². The van der Waals surface area contributed by atoms with Crippen molar-refractivity contribution < 1.29 is 5.11 Å². The fraction of sp³-hybridized carbons (Fsp3) is 0.286. The van der Waals surface area contributed by atoms with Crippen LogP contribution in [0.3, 0.4) is 0 Å². The number of halogens is 1. The lowest BCUT2D eigenvalue weighted by Crippen LogP contribution is -2.12. The SMILES string of the molecule is OCC1(c2cccc3cc(Br)ccc23)CC1. The van der Waals surface area contributed by atoms with E-state index in [1.807, 2.05) is 0 Å². The number of rotatable bonds is 2. The molecule has 0 aromatic heterocycles. The van der Waals surface area contributed by atoms with Crippen molar-refractivity contribution >= 4 is 26.7 Å². The summed E-state index contributed by atoms with van der Waals surface area (Å²) < 4.78 is 1.10. The number of aliphatic hydroxyl groups excluding tert-OH is 1. The standard InChI is InChI=1S/C14H13BrO/c15-11-4-5-12-10(8-11)2-1-3-13(12)14(9-16)6-7-14/h1-5,8,16H,6-7,9H2. The van der Waals surface area contributed by atoms with E-state index < -0.39 is 0 Å². The largest absolute Gasteiger partial charge is 0.395 e. The number of aliphatic hydroxyl groups is 1. The molecule has 2 aromatic carbocycles. The van der Waals surface area contributed by atoms with Gasteiger partial charge in [0, 0.05) is 9.89 Å². The normalized spacial score (nSPS) is 17.6. The van der Waals surface area contributed by atoms with E-state index >= 15 is 0 Å². The minimum absolute atomic E-state index is 0.0489. The molecule has 1 N–H and O–H groups in total. The molecule has 0 unspecified atom stereocenters. The maximum Gasteiger partial charge on any atom is 0.0528 e. The highest BCUT2D eigenvalue weighted by Crippen LogP contribution is 2.49. The second kappa shape index (κ2) is 3.57. The predicted octanol–water partition coefficient (Wildman–Crippen LogP) is 3.63. The van der Waals surface area contributed by atoms with Gasteiger partial charge in [0.15, 0.2) is 0 Å². The Labute approximate surface area is 103 Å². The second-order valence-electron chi connectivity index (χ2n) is 4.61. The van der Waals surface area contributed by atoms with Crippen molar-refractivity contribution in [2.45, 2.75) is 18.3 Å². The Morgan fingerprint density at radius 3 is 2.69 bits per heavy atom. The predicted molar refractivity (Wildman–Crippen MR) is 69.6 cm³/mol. The molecule has 82 valence electrons. The maximum absolute atomic E-state index is 9.51. The summed E-state index contributed by atoms with van der Waals surface area (Å²) in [5.41, 5.74) is 1.35. The van der Waals surface area contributed by atoms with Gasteiger partial charge in [0.2, 0.25) is 0 Å². The number of fused-ring (bicyclic) bond motifs is 1. The second-order valence-corrected chi connectivity index (χ2v) is 5.53. The Morgan fingerprint density at radius 2 is 2.00 bits per heavy atom. The van der Waals surface area contributed by atoms with Crippen molar-refractivity contribution in [2.24, 2.45) is 0 Å². The molecule has 0 bridgehead atoms. The Morgan fingerprint density at radius 1 is 1.19 bits per heavy atom. The number of hydrogen-bond donors (Lipinski definition) is 1. The van der Waals surface area contributed by atoms with E-state index in [9.17, 15) is 5.11 Å². The van der Waals surface area contributed by atoms with E-state index in [1.165, 1.54) is 16.3 Å². The van der Waals surface area contributed by atoms with Gasteiger partial charge in [0.05, 0.1) is 6.61 Å². The Kier molecular flexibility index (Phi) is 2.30. The molecule has 0 heterocycles. The maximum atomic E-state index is 9.51.